The van der Waals surface area contributed by atoms with Gasteiger partial charge in [-0.3, -0.25) is 4.79 Å². The first-order valence-electron chi connectivity index (χ1n) is 6.97. The zero-order valence-corrected chi connectivity index (χ0v) is 12.3. The molecule has 2 aromatic carbocycles. The minimum atomic E-state index is -0.379. The highest BCUT2D eigenvalue weighted by Gasteiger charge is 2.13. The fourth-order valence-corrected chi connectivity index (χ4v) is 2.58. The van der Waals surface area contributed by atoms with Crippen molar-refractivity contribution in [3.05, 3.63) is 64.5 Å². The smallest absolute Gasteiger partial charge is 0.344 e. The SMILES string of the molecule is CC(=O)Nc1ccc2c(C)c(-c3ccccc3)c(=O)oc2c1. The van der Waals surface area contributed by atoms with Crippen LogP contribution in [0.2, 0.25) is 0 Å². The molecule has 1 heterocycles. The van der Waals surface area contributed by atoms with Crippen LogP contribution in [-0.4, -0.2) is 5.91 Å². The highest BCUT2D eigenvalue weighted by atomic mass is 16.4. The van der Waals surface area contributed by atoms with Gasteiger partial charge in [0.2, 0.25) is 5.91 Å². The predicted molar refractivity (Wildman–Crippen MR) is 87.0 cm³/mol. The van der Waals surface area contributed by atoms with Gasteiger partial charge in [0.25, 0.3) is 0 Å². The van der Waals surface area contributed by atoms with Gasteiger partial charge in [-0.2, -0.15) is 0 Å². The van der Waals surface area contributed by atoms with E-state index in [9.17, 15) is 9.59 Å². The first kappa shape index (κ1) is 14.1. The van der Waals surface area contributed by atoms with Gasteiger partial charge in [0.15, 0.2) is 0 Å². The number of nitrogens with one attached hydrogen (secondary N) is 1. The first-order chi connectivity index (χ1) is 10.6. The molecule has 0 aliphatic carbocycles. The fourth-order valence-electron chi connectivity index (χ4n) is 2.58. The summed E-state index contributed by atoms with van der Waals surface area (Å²) in [6, 6.07) is 14.8. The number of amides is 1. The van der Waals surface area contributed by atoms with Crippen LogP contribution in [0.5, 0.6) is 0 Å². The van der Waals surface area contributed by atoms with Crippen molar-refractivity contribution in [3.63, 3.8) is 0 Å². The van der Waals surface area contributed by atoms with Crippen LogP contribution in [0.15, 0.2) is 57.7 Å². The van der Waals surface area contributed by atoms with E-state index in [2.05, 4.69) is 5.32 Å². The number of fused-ring (bicyclic) bond motifs is 1. The molecule has 3 aromatic rings. The van der Waals surface area contributed by atoms with Crippen LogP contribution < -0.4 is 10.9 Å². The summed E-state index contributed by atoms with van der Waals surface area (Å²) in [5, 5.41) is 3.54. The molecule has 4 heteroatoms. The van der Waals surface area contributed by atoms with E-state index in [0.717, 1.165) is 16.5 Å². The van der Waals surface area contributed by atoms with Crippen molar-refractivity contribution in [2.75, 3.05) is 5.32 Å². The van der Waals surface area contributed by atoms with Crippen LogP contribution in [0.25, 0.3) is 22.1 Å². The number of anilines is 1. The molecule has 0 aliphatic heterocycles. The second-order valence-electron chi connectivity index (χ2n) is 5.15. The molecule has 0 radical (unpaired) electrons. The molecule has 0 unspecified atom stereocenters. The van der Waals surface area contributed by atoms with Crippen LogP contribution in [0.3, 0.4) is 0 Å². The zero-order chi connectivity index (χ0) is 15.7. The van der Waals surface area contributed by atoms with E-state index in [-0.39, 0.29) is 11.5 Å². The molecule has 1 aromatic heterocycles. The normalized spacial score (nSPS) is 10.6. The molecule has 4 nitrogen and oxygen atoms in total. The van der Waals surface area contributed by atoms with Gasteiger partial charge in [-0.05, 0) is 30.2 Å². The maximum absolute atomic E-state index is 12.3. The number of benzene rings is 2. The third-order valence-corrected chi connectivity index (χ3v) is 3.55. The van der Waals surface area contributed by atoms with Crippen molar-refractivity contribution < 1.29 is 9.21 Å². The van der Waals surface area contributed by atoms with Gasteiger partial charge in [0, 0.05) is 24.1 Å². The first-order valence-corrected chi connectivity index (χ1v) is 6.97. The monoisotopic (exact) mass is 293 g/mol. The minimum Gasteiger partial charge on any atom is -0.422 e. The lowest BCUT2D eigenvalue weighted by molar-refractivity contribution is -0.114. The number of rotatable bonds is 2. The van der Waals surface area contributed by atoms with Crippen LogP contribution >= 0.6 is 0 Å². The molecule has 0 atom stereocenters. The molecule has 0 spiro atoms. The Bertz CT molecular complexity index is 911. The average molecular weight is 293 g/mol. The van der Waals surface area contributed by atoms with Gasteiger partial charge in [0.1, 0.15) is 5.58 Å². The Labute approximate surface area is 127 Å². The number of carbonyl (C=O) groups excluding carboxylic acids is 1. The maximum atomic E-state index is 12.3. The van der Waals surface area contributed by atoms with E-state index in [4.69, 9.17) is 4.42 Å². The summed E-state index contributed by atoms with van der Waals surface area (Å²) in [7, 11) is 0. The molecular weight excluding hydrogens is 278 g/mol. The van der Waals surface area contributed by atoms with Crippen molar-refractivity contribution in [2.24, 2.45) is 0 Å². The summed E-state index contributed by atoms with van der Waals surface area (Å²) in [6.45, 7) is 3.34. The van der Waals surface area contributed by atoms with Gasteiger partial charge in [-0.25, -0.2) is 4.79 Å². The Morgan fingerprint density at radius 3 is 2.50 bits per heavy atom. The summed E-state index contributed by atoms with van der Waals surface area (Å²) < 4.78 is 5.44. The van der Waals surface area contributed by atoms with Crippen molar-refractivity contribution in [1.29, 1.82) is 0 Å². The highest BCUT2D eigenvalue weighted by Crippen LogP contribution is 2.28. The van der Waals surface area contributed by atoms with Gasteiger partial charge >= 0.3 is 5.63 Å². The molecule has 0 saturated heterocycles. The summed E-state index contributed by atoms with van der Waals surface area (Å²) in [6.07, 6.45) is 0. The Hall–Kier alpha value is -2.88. The Kier molecular flexibility index (Phi) is 3.51. The lowest BCUT2D eigenvalue weighted by Crippen LogP contribution is -2.08. The van der Waals surface area contributed by atoms with Crippen molar-refractivity contribution in [1.82, 2.24) is 0 Å². The summed E-state index contributed by atoms with van der Waals surface area (Å²) in [5.74, 6) is -0.167. The number of hydrogen-bond donors (Lipinski definition) is 1. The van der Waals surface area contributed by atoms with Crippen LogP contribution in [0.1, 0.15) is 12.5 Å². The van der Waals surface area contributed by atoms with Crippen LogP contribution in [0.4, 0.5) is 5.69 Å². The number of aryl methyl sites for hydroxylation is 1. The third kappa shape index (κ3) is 2.51. The molecule has 3 rings (SSSR count). The average Bonchev–Trinajstić information content (AvgIpc) is 2.47. The number of hydrogen-bond acceptors (Lipinski definition) is 3. The predicted octanol–water partition coefficient (Wildman–Crippen LogP) is 3.73. The molecule has 0 saturated carbocycles. The molecule has 22 heavy (non-hydrogen) atoms. The summed E-state index contributed by atoms with van der Waals surface area (Å²) in [4.78, 5) is 23.5. The van der Waals surface area contributed by atoms with E-state index in [0.29, 0.717) is 16.8 Å². The van der Waals surface area contributed by atoms with Crippen LogP contribution in [0, 0.1) is 6.92 Å². The Morgan fingerprint density at radius 2 is 1.82 bits per heavy atom. The molecular formula is C18H15NO3. The standard InChI is InChI=1S/C18H15NO3/c1-11-15-9-8-14(19-12(2)20)10-16(15)22-18(21)17(11)13-6-4-3-5-7-13/h3-10H,1-2H3,(H,19,20). The van der Waals surface area contributed by atoms with Crippen molar-refractivity contribution in [2.45, 2.75) is 13.8 Å². The van der Waals surface area contributed by atoms with Gasteiger partial charge in [-0.15, -0.1) is 0 Å². The second-order valence-corrected chi connectivity index (χ2v) is 5.15. The lowest BCUT2D eigenvalue weighted by Gasteiger charge is -2.09. The van der Waals surface area contributed by atoms with Crippen LogP contribution in [-0.2, 0) is 4.79 Å². The maximum Gasteiger partial charge on any atom is 0.344 e. The van der Waals surface area contributed by atoms with E-state index in [1.165, 1.54) is 6.92 Å². The summed E-state index contributed by atoms with van der Waals surface area (Å²) >= 11 is 0. The largest absolute Gasteiger partial charge is 0.422 e. The summed E-state index contributed by atoms with van der Waals surface area (Å²) in [5.41, 5.74) is 2.97. The highest BCUT2D eigenvalue weighted by molar-refractivity contribution is 5.93. The van der Waals surface area contributed by atoms with E-state index < -0.39 is 0 Å². The fraction of sp³-hybridized carbons (Fsp3) is 0.111. The minimum absolute atomic E-state index is 0.167. The van der Waals surface area contributed by atoms with Gasteiger partial charge in [-0.1, -0.05) is 30.3 Å². The second kappa shape index (κ2) is 5.48. The molecule has 0 aliphatic rings. The van der Waals surface area contributed by atoms with Gasteiger partial charge < -0.3 is 9.73 Å². The van der Waals surface area contributed by atoms with E-state index in [1.807, 2.05) is 43.3 Å². The number of carbonyl (C=O) groups is 1. The molecule has 110 valence electrons. The Morgan fingerprint density at radius 1 is 1.09 bits per heavy atom. The lowest BCUT2D eigenvalue weighted by atomic mass is 9.99. The molecule has 1 amide bonds. The zero-order valence-electron chi connectivity index (χ0n) is 12.3. The molecule has 0 fully saturated rings. The van der Waals surface area contributed by atoms with Gasteiger partial charge in [0.05, 0.1) is 5.56 Å². The molecule has 1 N–H and O–H groups in total. The third-order valence-electron chi connectivity index (χ3n) is 3.55. The topological polar surface area (TPSA) is 59.3 Å². The Balaban J connectivity index is 2.22. The van der Waals surface area contributed by atoms with Crippen molar-refractivity contribution in [3.8, 4) is 11.1 Å². The van der Waals surface area contributed by atoms with Crippen molar-refractivity contribution >= 4 is 22.6 Å². The van der Waals surface area contributed by atoms with E-state index >= 15 is 0 Å². The quantitative estimate of drug-likeness (QED) is 0.732. The van der Waals surface area contributed by atoms with E-state index in [1.54, 1.807) is 12.1 Å². The molecule has 0 bridgehead atoms.